The van der Waals surface area contributed by atoms with Gasteiger partial charge in [-0.15, -0.1) is 0 Å². The number of ether oxygens (including phenoxy) is 2. The molecule has 1 unspecified atom stereocenters. The monoisotopic (exact) mass is 423 g/mol. The molecular formula is C22H27Cl2NO3. The first-order valence-corrected chi connectivity index (χ1v) is 10.4. The van der Waals surface area contributed by atoms with E-state index in [2.05, 4.69) is 19.2 Å². The van der Waals surface area contributed by atoms with Gasteiger partial charge in [-0.3, -0.25) is 4.79 Å². The van der Waals surface area contributed by atoms with Crippen molar-refractivity contribution in [3.63, 3.8) is 0 Å². The van der Waals surface area contributed by atoms with Gasteiger partial charge in [0.25, 0.3) is 5.91 Å². The minimum absolute atomic E-state index is 0.102. The van der Waals surface area contributed by atoms with Crippen LogP contribution in [0.4, 0.5) is 5.69 Å². The molecule has 2 aromatic rings. The number of nitrogens with one attached hydrogen (secondary N) is 1. The minimum Gasteiger partial charge on any atom is -0.493 e. The molecule has 0 bridgehead atoms. The van der Waals surface area contributed by atoms with Crippen molar-refractivity contribution in [1.82, 2.24) is 0 Å². The highest BCUT2D eigenvalue weighted by Crippen LogP contribution is 2.25. The van der Waals surface area contributed by atoms with Gasteiger partial charge in [-0.05, 0) is 54.8 Å². The maximum absolute atomic E-state index is 12.0. The number of carbonyl (C=O) groups excluding carboxylic acids is 1. The summed E-state index contributed by atoms with van der Waals surface area (Å²) in [6, 6.07) is 12.2. The van der Waals surface area contributed by atoms with Crippen LogP contribution in [0.2, 0.25) is 10.0 Å². The van der Waals surface area contributed by atoms with E-state index in [1.807, 2.05) is 12.1 Å². The third kappa shape index (κ3) is 7.61. The smallest absolute Gasteiger partial charge is 0.262 e. The molecule has 0 saturated carbocycles. The summed E-state index contributed by atoms with van der Waals surface area (Å²) in [7, 11) is 0. The highest BCUT2D eigenvalue weighted by molar-refractivity contribution is 6.42. The van der Waals surface area contributed by atoms with Gasteiger partial charge >= 0.3 is 0 Å². The lowest BCUT2D eigenvalue weighted by Crippen LogP contribution is -2.20. The van der Waals surface area contributed by atoms with E-state index in [1.54, 1.807) is 30.3 Å². The molecule has 0 radical (unpaired) electrons. The average molecular weight is 424 g/mol. The fourth-order valence-corrected chi connectivity index (χ4v) is 2.96. The highest BCUT2D eigenvalue weighted by atomic mass is 35.5. The second-order valence-corrected chi connectivity index (χ2v) is 7.48. The van der Waals surface area contributed by atoms with Gasteiger partial charge in [0.05, 0.1) is 16.7 Å². The fraction of sp³-hybridized carbons (Fsp3) is 0.409. The van der Waals surface area contributed by atoms with Crippen LogP contribution < -0.4 is 14.8 Å². The van der Waals surface area contributed by atoms with Crippen molar-refractivity contribution in [1.29, 1.82) is 0 Å². The van der Waals surface area contributed by atoms with Crippen LogP contribution in [0.1, 0.15) is 39.5 Å². The van der Waals surface area contributed by atoms with E-state index < -0.39 is 0 Å². The molecule has 0 spiro atoms. The molecule has 0 saturated heterocycles. The Kier molecular flexibility index (Phi) is 9.45. The SMILES string of the molecule is CCCCC(CC)COc1ccc(OCC(=O)Nc2ccc(Cl)c(Cl)c2)cc1. The van der Waals surface area contributed by atoms with E-state index in [0.29, 0.717) is 27.4 Å². The fourth-order valence-electron chi connectivity index (χ4n) is 2.66. The summed E-state index contributed by atoms with van der Waals surface area (Å²) in [5, 5.41) is 3.54. The van der Waals surface area contributed by atoms with Crippen molar-refractivity contribution in [3.05, 3.63) is 52.5 Å². The van der Waals surface area contributed by atoms with Crippen LogP contribution >= 0.6 is 23.2 Å². The maximum Gasteiger partial charge on any atom is 0.262 e. The Morgan fingerprint density at radius 1 is 1.00 bits per heavy atom. The Balaban J connectivity index is 1.77. The number of hydrogen-bond donors (Lipinski definition) is 1. The van der Waals surface area contributed by atoms with Crippen molar-refractivity contribution in [2.24, 2.45) is 5.92 Å². The van der Waals surface area contributed by atoms with E-state index in [1.165, 1.54) is 19.3 Å². The summed E-state index contributed by atoms with van der Waals surface area (Å²) in [5.74, 6) is 1.72. The number of amides is 1. The molecule has 0 fully saturated rings. The second kappa shape index (κ2) is 11.8. The average Bonchev–Trinajstić information content (AvgIpc) is 2.70. The Morgan fingerprint density at radius 2 is 1.68 bits per heavy atom. The summed E-state index contributed by atoms with van der Waals surface area (Å²) in [6.45, 7) is 5.03. The summed E-state index contributed by atoms with van der Waals surface area (Å²) in [6.07, 6.45) is 4.76. The number of unbranched alkanes of at least 4 members (excludes halogenated alkanes) is 1. The third-order valence-electron chi connectivity index (χ3n) is 4.43. The quantitative estimate of drug-likeness (QED) is 0.442. The number of rotatable bonds is 11. The number of anilines is 1. The molecule has 2 rings (SSSR count). The lowest BCUT2D eigenvalue weighted by atomic mass is 10.0. The van der Waals surface area contributed by atoms with E-state index in [-0.39, 0.29) is 12.5 Å². The lowest BCUT2D eigenvalue weighted by molar-refractivity contribution is -0.118. The molecule has 1 amide bonds. The van der Waals surface area contributed by atoms with E-state index in [4.69, 9.17) is 32.7 Å². The van der Waals surface area contributed by atoms with Crippen LogP contribution in [0.3, 0.4) is 0 Å². The first kappa shape index (κ1) is 22.4. The molecule has 1 N–H and O–H groups in total. The largest absolute Gasteiger partial charge is 0.493 e. The predicted molar refractivity (Wildman–Crippen MR) is 116 cm³/mol. The molecule has 0 heterocycles. The molecular weight excluding hydrogens is 397 g/mol. The first-order chi connectivity index (χ1) is 13.5. The van der Waals surface area contributed by atoms with Crippen LogP contribution in [0.25, 0.3) is 0 Å². The summed E-state index contributed by atoms with van der Waals surface area (Å²) < 4.78 is 11.4. The highest BCUT2D eigenvalue weighted by Gasteiger charge is 2.08. The van der Waals surface area contributed by atoms with Gasteiger partial charge < -0.3 is 14.8 Å². The topological polar surface area (TPSA) is 47.6 Å². The van der Waals surface area contributed by atoms with Gasteiger partial charge in [0.15, 0.2) is 6.61 Å². The second-order valence-electron chi connectivity index (χ2n) is 6.66. The van der Waals surface area contributed by atoms with Crippen molar-refractivity contribution in [2.45, 2.75) is 39.5 Å². The van der Waals surface area contributed by atoms with Crippen LogP contribution in [0.5, 0.6) is 11.5 Å². The number of halogens is 2. The Hall–Kier alpha value is -1.91. The molecule has 0 aliphatic heterocycles. The molecule has 0 aromatic heterocycles. The zero-order chi connectivity index (χ0) is 20.4. The van der Waals surface area contributed by atoms with Crippen molar-refractivity contribution in [3.8, 4) is 11.5 Å². The molecule has 2 aromatic carbocycles. The van der Waals surface area contributed by atoms with Crippen molar-refractivity contribution in [2.75, 3.05) is 18.5 Å². The number of hydrogen-bond acceptors (Lipinski definition) is 3. The minimum atomic E-state index is -0.277. The van der Waals surface area contributed by atoms with Gasteiger partial charge in [0.2, 0.25) is 0 Å². The van der Waals surface area contributed by atoms with E-state index >= 15 is 0 Å². The zero-order valence-electron chi connectivity index (χ0n) is 16.3. The Morgan fingerprint density at radius 3 is 2.29 bits per heavy atom. The summed E-state index contributed by atoms with van der Waals surface area (Å²) >= 11 is 11.8. The summed E-state index contributed by atoms with van der Waals surface area (Å²) in [5.41, 5.74) is 0.570. The molecule has 4 nitrogen and oxygen atoms in total. The number of benzene rings is 2. The molecule has 152 valence electrons. The van der Waals surface area contributed by atoms with Crippen LogP contribution in [-0.4, -0.2) is 19.1 Å². The zero-order valence-corrected chi connectivity index (χ0v) is 17.9. The molecule has 0 aliphatic carbocycles. The molecule has 0 aliphatic rings. The number of carbonyl (C=O) groups is 1. The predicted octanol–water partition coefficient (Wildman–Crippen LogP) is 6.61. The van der Waals surface area contributed by atoms with Crippen LogP contribution in [0.15, 0.2) is 42.5 Å². The van der Waals surface area contributed by atoms with Crippen molar-refractivity contribution >= 4 is 34.8 Å². The molecule has 6 heteroatoms. The van der Waals surface area contributed by atoms with Crippen LogP contribution in [-0.2, 0) is 4.79 Å². The lowest BCUT2D eigenvalue weighted by Gasteiger charge is -2.15. The van der Waals surface area contributed by atoms with Crippen molar-refractivity contribution < 1.29 is 14.3 Å². The van der Waals surface area contributed by atoms with Gasteiger partial charge in [0, 0.05) is 5.69 Å². The Bertz CT molecular complexity index is 750. The first-order valence-electron chi connectivity index (χ1n) is 9.62. The standard InChI is InChI=1S/C22H27Cl2NO3/c1-3-5-6-16(4-2)14-27-18-8-10-19(11-9-18)28-15-22(26)25-17-7-12-20(23)21(24)13-17/h7-13,16H,3-6,14-15H2,1-2H3,(H,25,26). The van der Waals surface area contributed by atoms with Gasteiger partial charge in [-0.25, -0.2) is 0 Å². The molecule has 1 atom stereocenters. The maximum atomic E-state index is 12.0. The van der Waals surface area contributed by atoms with Gasteiger partial charge in [-0.1, -0.05) is 56.3 Å². The van der Waals surface area contributed by atoms with Gasteiger partial charge in [-0.2, -0.15) is 0 Å². The third-order valence-corrected chi connectivity index (χ3v) is 5.17. The van der Waals surface area contributed by atoms with Gasteiger partial charge in [0.1, 0.15) is 11.5 Å². The van der Waals surface area contributed by atoms with E-state index in [0.717, 1.165) is 18.8 Å². The normalized spacial score (nSPS) is 11.7. The summed E-state index contributed by atoms with van der Waals surface area (Å²) in [4.78, 5) is 12.0. The Labute approximate surface area is 177 Å². The van der Waals surface area contributed by atoms with Crippen LogP contribution in [0, 0.1) is 5.92 Å². The van der Waals surface area contributed by atoms with E-state index in [9.17, 15) is 4.79 Å². The molecule has 28 heavy (non-hydrogen) atoms.